The van der Waals surface area contributed by atoms with E-state index in [-0.39, 0.29) is 23.7 Å². The summed E-state index contributed by atoms with van der Waals surface area (Å²) in [5.74, 6) is -0.168. The number of sulfonamides is 1. The summed E-state index contributed by atoms with van der Waals surface area (Å²) in [5, 5.41) is 4.32. The molecule has 0 spiro atoms. The molecule has 0 bridgehead atoms. The number of hydrogen-bond donors (Lipinski definition) is 3. The van der Waals surface area contributed by atoms with Crippen LogP contribution >= 0.6 is 11.6 Å². The van der Waals surface area contributed by atoms with Gasteiger partial charge in [0.1, 0.15) is 5.65 Å². The minimum Gasteiger partial charge on any atom is -0.363 e. The van der Waals surface area contributed by atoms with Crippen molar-refractivity contribution in [3.05, 3.63) is 35.5 Å². The standard InChI is InChI=1S/C20H24ClFN6O2S/c1-2-7-31(29,30)28-17-6-4-3-5-16(17)26-20-15(22)11-25-19(27-20)14-10-24-18-13(14)8-12(21)9-23-18/h8-11,16-17,28H,2-7H2,1H3,(H,23,24)(H,25,26,27)/t16?,17-/m1/s1. The lowest BCUT2D eigenvalue weighted by Crippen LogP contribution is -2.49. The summed E-state index contributed by atoms with van der Waals surface area (Å²) in [6, 6.07) is 1.16. The summed E-state index contributed by atoms with van der Waals surface area (Å²) >= 11 is 6.07. The molecule has 0 saturated heterocycles. The molecule has 0 aromatic carbocycles. The van der Waals surface area contributed by atoms with Gasteiger partial charge in [0.05, 0.1) is 17.0 Å². The van der Waals surface area contributed by atoms with Crippen LogP contribution in [0.15, 0.2) is 24.7 Å². The molecular weight excluding hydrogens is 443 g/mol. The Kier molecular flexibility index (Phi) is 6.40. The van der Waals surface area contributed by atoms with Crippen molar-refractivity contribution < 1.29 is 12.8 Å². The summed E-state index contributed by atoms with van der Waals surface area (Å²) in [4.78, 5) is 15.8. The van der Waals surface area contributed by atoms with Crippen molar-refractivity contribution in [1.82, 2.24) is 24.7 Å². The molecule has 166 valence electrons. The molecule has 1 unspecified atom stereocenters. The van der Waals surface area contributed by atoms with Gasteiger partial charge in [0.25, 0.3) is 0 Å². The van der Waals surface area contributed by atoms with E-state index in [0.29, 0.717) is 41.3 Å². The number of aromatic nitrogens is 4. The van der Waals surface area contributed by atoms with Crippen LogP contribution in [0.3, 0.4) is 0 Å². The van der Waals surface area contributed by atoms with Crippen molar-refractivity contribution in [2.75, 3.05) is 11.1 Å². The maximum Gasteiger partial charge on any atom is 0.211 e. The highest BCUT2D eigenvalue weighted by molar-refractivity contribution is 7.89. The number of hydrogen-bond acceptors (Lipinski definition) is 6. The molecule has 1 saturated carbocycles. The fourth-order valence-corrected chi connectivity index (χ4v) is 5.50. The van der Waals surface area contributed by atoms with Crippen molar-refractivity contribution in [2.45, 2.75) is 51.1 Å². The summed E-state index contributed by atoms with van der Waals surface area (Å²) < 4.78 is 41.9. The lowest BCUT2D eigenvalue weighted by molar-refractivity contribution is 0.377. The number of nitrogens with one attached hydrogen (secondary N) is 3. The third-order valence-corrected chi connectivity index (χ3v) is 7.19. The van der Waals surface area contributed by atoms with E-state index in [1.54, 1.807) is 12.3 Å². The molecule has 31 heavy (non-hydrogen) atoms. The topological polar surface area (TPSA) is 113 Å². The van der Waals surface area contributed by atoms with Gasteiger partial charge in [-0.25, -0.2) is 32.5 Å². The van der Waals surface area contributed by atoms with Gasteiger partial charge in [-0.05, 0) is 25.3 Å². The number of nitrogens with zero attached hydrogens (tertiary/aromatic N) is 3. The van der Waals surface area contributed by atoms with E-state index in [2.05, 4.69) is 30.0 Å². The van der Waals surface area contributed by atoms with E-state index < -0.39 is 15.8 Å². The first-order chi connectivity index (χ1) is 14.9. The first-order valence-corrected chi connectivity index (χ1v) is 12.3. The van der Waals surface area contributed by atoms with Crippen molar-refractivity contribution >= 4 is 38.5 Å². The molecule has 3 aromatic rings. The van der Waals surface area contributed by atoms with Crippen LogP contribution in [0.1, 0.15) is 39.0 Å². The van der Waals surface area contributed by atoms with Crippen LogP contribution in [0.4, 0.5) is 10.2 Å². The lowest BCUT2D eigenvalue weighted by Gasteiger charge is -2.33. The SMILES string of the molecule is CCCS(=O)(=O)N[C@@H]1CCCCC1Nc1nc(-c2c[nH]c3ncc(Cl)cc23)ncc1F. The highest BCUT2D eigenvalue weighted by Gasteiger charge is 2.29. The Morgan fingerprint density at radius 2 is 2.00 bits per heavy atom. The van der Waals surface area contributed by atoms with E-state index in [9.17, 15) is 12.8 Å². The Hall–Kier alpha value is -2.30. The molecule has 4 rings (SSSR count). The van der Waals surface area contributed by atoms with Crippen LogP contribution in [0.2, 0.25) is 5.02 Å². The van der Waals surface area contributed by atoms with Crippen molar-refractivity contribution in [1.29, 1.82) is 0 Å². The molecule has 0 amide bonds. The number of halogens is 2. The lowest BCUT2D eigenvalue weighted by atomic mass is 9.91. The fourth-order valence-electron chi connectivity index (χ4n) is 3.94. The molecule has 1 aliphatic rings. The summed E-state index contributed by atoms with van der Waals surface area (Å²) in [5.41, 5.74) is 1.27. The zero-order chi connectivity index (χ0) is 22.0. The van der Waals surface area contributed by atoms with Crippen LogP contribution < -0.4 is 10.0 Å². The molecule has 3 aromatic heterocycles. The number of pyridine rings is 1. The van der Waals surface area contributed by atoms with Gasteiger partial charge in [-0.15, -0.1) is 0 Å². The number of anilines is 1. The van der Waals surface area contributed by atoms with Gasteiger partial charge >= 0.3 is 0 Å². The predicted molar refractivity (Wildman–Crippen MR) is 119 cm³/mol. The minimum atomic E-state index is -3.38. The van der Waals surface area contributed by atoms with Gasteiger partial charge in [-0.1, -0.05) is 31.4 Å². The van der Waals surface area contributed by atoms with Crippen LogP contribution in [-0.4, -0.2) is 46.2 Å². The Labute approximate surface area is 185 Å². The largest absolute Gasteiger partial charge is 0.363 e. The van der Waals surface area contributed by atoms with E-state index in [4.69, 9.17) is 11.6 Å². The Morgan fingerprint density at radius 3 is 2.77 bits per heavy atom. The molecule has 0 radical (unpaired) electrons. The predicted octanol–water partition coefficient (Wildman–Crippen LogP) is 3.86. The summed E-state index contributed by atoms with van der Waals surface area (Å²) in [6.07, 6.45) is 8.12. The zero-order valence-electron chi connectivity index (χ0n) is 17.0. The Bertz CT molecular complexity index is 1190. The molecule has 2 atom stereocenters. The monoisotopic (exact) mass is 466 g/mol. The molecule has 0 aliphatic heterocycles. The minimum absolute atomic E-state index is 0.0425. The molecule has 3 heterocycles. The van der Waals surface area contributed by atoms with Gasteiger partial charge in [-0.3, -0.25) is 0 Å². The third kappa shape index (κ3) is 4.97. The number of rotatable bonds is 7. The van der Waals surface area contributed by atoms with Gasteiger partial charge in [0.15, 0.2) is 17.5 Å². The molecule has 3 N–H and O–H groups in total. The van der Waals surface area contributed by atoms with Crippen molar-refractivity contribution in [2.24, 2.45) is 0 Å². The van der Waals surface area contributed by atoms with Gasteiger partial charge < -0.3 is 10.3 Å². The van der Waals surface area contributed by atoms with E-state index in [0.717, 1.165) is 24.4 Å². The number of aromatic amines is 1. The average molecular weight is 467 g/mol. The van der Waals surface area contributed by atoms with Crippen LogP contribution in [0.5, 0.6) is 0 Å². The van der Waals surface area contributed by atoms with E-state index in [1.165, 1.54) is 6.20 Å². The second-order valence-electron chi connectivity index (χ2n) is 7.72. The maximum absolute atomic E-state index is 14.6. The first kappa shape index (κ1) is 21.9. The van der Waals surface area contributed by atoms with Crippen LogP contribution in [0.25, 0.3) is 22.4 Å². The highest BCUT2D eigenvalue weighted by Crippen LogP contribution is 2.29. The third-order valence-electron chi connectivity index (χ3n) is 5.37. The van der Waals surface area contributed by atoms with Crippen LogP contribution in [-0.2, 0) is 10.0 Å². The number of H-pyrrole nitrogens is 1. The molecule has 1 fully saturated rings. The van der Waals surface area contributed by atoms with E-state index >= 15 is 0 Å². The van der Waals surface area contributed by atoms with Crippen molar-refractivity contribution in [3.8, 4) is 11.4 Å². The van der Waals surface area contributed by atoms with Crippen molar-refractivity contribution in [3.63, 3.8) is 0 Å². The summed E-state index contributed by atoms with van der Waals surface area (Å²) in [7, 11) is -3.38. The molecule has 8 nitrogen and oxygen atoms in total. The van der Waals surface area contributed by atoms with Gasteiger partial charge in [-0.2, -0.15) is 0 Å². The maximum atomic E-state index is 14.6. The quantitative estimate of drug-likeness (QED) is 0.487. The average Bonchev–Trinajstić information content (AvgIpc) is 3.14. The van der Waals surface area contributed by atoms with Gasteiger partial charge in [0, 0.05) is 35.4 Å². The van der Waals surface area contributed by atoms with Gasteiger partial charge in [0.2, 0.25) is 10.0 Å². The molecule has 1 aliphatic carbocycles. The normalized spacial score (nSPS) is 19.6. The number of fused-ring (bicyclic) bond motifs is 1. The first-order valence-electron chi connectivity index (χ1n) is 10.3. The van der Waals surface area contributed by atoms with E-state index in [1.807, 2.05) is 6.92 Å². The second-order valence-corrected chi connectivity index (χ2v) is 10.0. The Balaban J connectivity index is 1.61. The highest BCUT2D eigenvalue weighted by atomic mass is 35.5. The fraction of sp³-hybridized carbons (Fsp3) is 0.450. The molecular formula is C20H24ClFN6O2S. The second kappa shape index (κ2) is 9.05. The van der Waals surface area contributed by atoms with Crippen LogP contribution in [0, 0.1) is 5.82 Å². The zero-order valence-corrected chi connectivity index (χ0v) is 18.6. The molecule has 11 heteroatoms. The summed E-state index contributed by atoms with van der Waals surface area (Å²) in [6.45, 7) is 1.82. The Morgan fingerprint density at radius 1 is 1.23 bits per heavy atom. The smallest absolute Gasteiger partial charge is 0.211 e.